The van der Waals surface area contributed by atoms with Crippen LogP contribution in [0.4, 0.5) is 0 Å². The summed E-state index contributed by atoms with van der Waals surface area (Å²) in [6.07, 6.45) is 5.23. The molecule has 114 valence electrons. The molecule has 0 saturated heterocycles. The standard InChI is InChI=1S/C16H33IOSi/c1-8-9-10-12(2)11-16(7,15(4,5)6)13(3)14(17)18-19/h12H,8-11H2,1-7,19H3/b14-13-/t12-,16-/m1/s1. The second-order valence-corrected chi connectivity index (χ2v) is 8.52. The van der Waals surface area contributed by atoms with Crippen LogP contribution in [0.25, 0.3) is 0 Å². The maximum Gasteiger partial charge on any atom is 0.204 e. The molecule has 0 aromatic rings. The van der Waals surface area contributed by atoms with Crippen molar-refractivity contribution in [3.05, 3.63) is 9.34 Å². The molecule has 0 aliphatic carbocycles. The lowest BCUT2D eigenvalue weighted by atomic mass is 9.60. The van der Waals surface area contributed by atoms with Crippen molar-refractivity contribution in [2.45, 2.75) is 74.1 Å². The van der Waals surface area contributed by atoms with Gasteiger partial charge in [0.25, 0.3) is 0 Å². The lowest BCUT2D eigenvalue weighted by Gasteiger charge is -2.45. The zero-order valence-electron chi connectivity index (χ0n) is 14.2. The predicted molar refractivity (Wildman–Crippen MR) is 98.6 cm³/mol. The topological polar surface area (TPSA) is 9.23 Å². The highest BCUT2D eigenvalue weighted by molar-refractivity contribution is 14.1. The third kappa shape index (κ3) is 5.41. The van der Waals surface area contributed by atoms with Gasteiger partial charge in [-0.05, 0) is 58.3 Å². The Balaban J connectivity index is 5.23. The highest BCUT2D eigenvalue weighted by atomic mass is 127. The van der Waals surface area contributed by atoms with E-state index in [1.807, 2.05) is 0 Å². The largest absolute Gasteiger partial charge is 0.549 e. The van der Waals surface area contributed by atoms with Gasteiger partial charge in [-0.25, -0.2) is 0 Å². The van der Waals surface area contributed by atoms with E-state index in [0.717, 1.165) is 20.2 Å². The highest BCUT2D eigenvalue weighted by Gasteiger charge is 2.41. The summed E-state index contributed by atoms with van der Waals surface area (Å²) in [5, 5.41) is 0. The SMILES string of the molecule is CCCC[C@@H](C)C[C@](C)(/C(C)=C(/I)O[SiH3])C(C)(C)C. The first-order chi connectivity index (χ1) is 8.60. The van der Waals surface area contributed by atoms with E-state index < -0.39 is 0 Å². The molecule has 0 rings (SSSR count). The number of hydrogen-bond acceptors (Lipinski definition) is 1. The molecule has 0 unspecified atom stereocenters. The molecule has 0 N–H and O–H groups in total. The summed E-state index contributed by atoms with van der Waals surface area (Å²) in [4.78, 5) is 0. The number of halogens is 1. The lowest BCUT2D eigenvalue weighted by molar-refractivity contribution is 0.113. The van der Waals surface area contributed by atoms with E-state index in [-0.39, 0.29) is 10.8 Å². The van der Waals surface area contributed by atoms with E-state index in [4.69, 9.17) is 4.43 Å². The van der Waals surface area contributed by atoms with E-state index in [9.17, 15) is 0 Å². The van der Waals surface area contributed by atoms with Crippen molar-refractivity contribution in [1.29, 1.82) is 0 Å². The Bertz CT molecular complexity index is 306. The molecule has 0 aromatic heterocycles. The average Bonchev–Trinajstić information content (AvgIpc) is 2.32. The maximum atomic E-state index is 5.62. The summed E-state index contributed by atoms with van der Waals surface area (Å²) < 4.78 is 6.74. The minimum atomic E-state index is 0.209. The van der Waals surface area contributed by atoms with Gasteiger partial charge in [-0.15, -0.1) is 0 Å². The molecule has 19 heavy (non-hydrogen) atoms. The first-order valence-electron chi connectivity index (χ1n) is 7.51. The van der Waals surface area contributed by atoms with Crippen molar-refractivity contribution in [1.82, 2.24) is 0 Å². The molecule has 0 heterocycles. The molecule has 0 fully saturated rings. The summed E-state index contributed by atoms with van der Waals surface area (Å²) in [5.74, 6) is 0.775. The summed E-state index contributed by atoms with van der Waals surface area (Å²) in [6.45, 7) is 16.4. The number of unbranched alkanes of at least 4 members (excludes halogenated alkanes) is 1. The second-order valence-electron chi connectivity index (χ2n) is 7.14. The van der Waals surface area contributed by atoms with Crippen molar-refractivity contribution in [2.75, 3.05) is 0 Å². The molecule has 0 aliphatic rings. The molecule has 0 aromatic carbocycles. The fraction of sp³-hybridized carbons (Fsp3) is 0.875. The number of hydrogen-bond donors (Lipinski definition) is 0. The van der Waals surface area contributed by atoms with Crippen LogP contribution in [0.3, 0.4) is 0 Å². The van der Waals surface area contributed by atoms with E-state index in [1.165, 1.54) is 31.3 Å². The van der Waals surface area contributed by atoms with Crippen LogP contribution in [0.2, 0.25) is 0 Å². The maximum absolute atomic E-state index is 5.62. The molecule has 0 bridgehead atoms. The van der Waals surface area contributed by atoms with Crippen molar-refractivity contribution < 1.29 is 4.43 Å². The van der Waals surface area contributed by atoms with Gasteiger partial charge in [-0.2, -0.15) is 0 Å². The van der Waals surface area contributed by atoms with Gasteiger partial charge in [-0.1, -0.05) is 60.8 Å². The van der Waals surface area contributed by atoms with Gasteiger partial charge < -0.3 is 4.43 Å². The summed E-state index contributed by atoms with van der Waals surface area (Å²) in [6, 6.07) is 0. The normalized spacial score (nSPS) is 18.7. The molecule has 3 heteroatoms. The fourth-order valence-electron chi connectivity index (χ4n) is 2.74. The Kier molecular flexibility index (Phi) is 8.26. The lowest BCUT2D eigenvalue weighted by Crippen LogP contribution is -2.36. The zero-order valence-corrected chi connectivity index (χ0v) is 18.3. The van der Waals surface area contributed by atoms with Crippen LogP contribution < -0.4 is 0 Å². The van der Waals surface area contributed by atoms with Crippen LogP contribution in [0.1, 0.15) is 74.1 Å². The Morgan fingerprint density at radius 1 is 1.26 bits per heavy atom. The quantitative estimate of drug-likeness (QED) is 0.326. The van der Waals surface area contributed by atoms with Crippen LogP contribution in [-0.4, -0.2) is 10.5 Å². The summed E-state index contributed by atoms with van der Waals surface area (Å²) in [5.41, 5.74) is 1.90. The van der Waals surface area contributed by atoms with Gasteiger partial charge in [0, 0.05) is 0 Å². The molecule has 0 aliphatic heterocycles. The third-order valence-electron chi connectivity index (χ3n) is 4.76. The average molecular weight is 396 g/mol. The van der Waals surface area contributed by atoms with Crippen LogP contribution in [-0.2, 0) is 4.43 Å². The van der Waals surface area contributed by atoms with Crippen LogP contribution >= 0.6 is 22.6 Å². The molecule has 1 nitrogen and oxygen atoms in total. The fourth-order valence-corrected chi connectivity index (χ4v) is 3.64. The minimum absolute atomic E-state index is 0.209. The van der Waals surface area contributed by atoms with Gasteiger partial charge in [0.15, 0.2) is 0 Å². The van der Waals surface area contributed by atoms with Crippen LogP contribution in [0, 0.1) is 16.7 Å². The molecule has 0 saturated carbocycles. The highest BCUT2D eigenvalue weighted by Crippen LogP contribution is 2.50. The van der Waals surface area contributed by atoms with E-state index >= 15 is 0 Å². The summed E-state index contributed by atoms with van der Waals surface area (Å²) in [7, 11) is 0.777. The monoisotopic (exact) mass is 396 g/mol. The number of allylic oxidation sites excluding steroid dienone is 1. The molecule has 0 radical (unpaired) electrons. The van der Waals surface area contributed by atoms with Gasteiger partial charge >= 0.3 is 0 Å². The van der Waals surface area contributed by atoms with Crippen molar-refractivity contribution in [3.8, 4) is 0 Å². The van der Waals surface area contributed by atoms with Crippen LogP contribution in [0.5, 0.6) is 0 Å². The molecule has 2 atom stereocenters. The van der Waals surface area contributed by atoms with Gasteiger partial charge in [0.05, 0.1) is 0 Å². The van der Waals surface area contributed by atoms with Crippen molar-refractivity contribution in [3.63, 3.8) is 0 Å². The Morgan fingerprint density at radius 2 is 1.79 bits per heavy atom. The Morgan fingerprint density at radius 3 is 2.16 bits per heavy atom. The minimum Gasteiger partial charge on any atom is -0.549 e. The van der Waals surface area contributed by atoms with E-state index in [2.05, 4.69) is 71.1 Å². The summed E-state index contributed by atoms with van der Waals surface area (Å²) >= 11 is 2.36. The van der Waals surface area contributed by atoms with Crippen LogP contribution in [0.15, 0.2) is 9.34 Å². The molecular formula is C16H33IOSi. The van der Waals surface area contributed by atoms with E-state index in [0.29, 0.717) is 0 Å². The van der Waals surface area contributed by atoms with Gasteiger partial charge in [-0.3, -0.25) is 0 Å². The van der Waals surface area contributed by atoms with Gasteiger partial charge in [0.2, 0.25) is 10.5 Å². The number of rotatable bonds is 7. The molecule has 0 spiro atoms. The predicted octanol–water partition coefficient (Wildman–Crippen LogP) is 5.22. The van der Waals surface area contributed by atoms with E-state index in [1.54, 1.807) is 0 Å². The smallest absolute Gasteiger partial charge is 0.204 e. The van der Waals surface area contributed by atoms with Crippen molar-refractivity contribution >= 4 is 33.1 Å². The van der Waals surface area contributed by atoms with Crippen molar-refractivity contribution in [2.24, 2.45) is 16.7 Å². The Hall–Kier alpha value is 0.487. The molecule has 0 amide bonds. The first kappa shape index (κ1) is 19.5. The van der Waals surface area contributed by atoms with Gasteiger partial charge in [0.1, 0.15) is 3.77 Å². The first-order valence-corrected chi connectivity index (χ1v) is 9.40. The second kappa shape index (κ2) is 8.06. The zero-order chi connectivity index (χ0) is 15.3. The molecular weight excluding hydrogens is 363 g/mol. The third-order valence-corrected chi connectivity index (χ3v) is 7.25. The Labute approximate surface area is 137 Å².